The van der Waals surface area contributed by atoms with Crippen LogP contribution in [0.15, 0.2) is 6.20 Å². The lowest BCUT2D eigenvalue weighted by atomic mass is 10.1. The first-order chi connectivity index (χ1) is 7.50. The zero-order chi connectivity index (χ0) is 11.9. The fraction of sp³-hybridized carbons (Fsp3) is 0.636. The van der Waals surface area contributed by atoms with Gasteiger partial charge < -0.3 is 10.6 Å². The second-order valence-electron chi connectivity index (χ2n) is 4.72. The van der Waals surface area contributed by atoms with Crippen LogP contribution >= 0.6 is 0 Å². The van der Waals surface area contributed by atoms with E-state index >= 15 is 0 Å². The van der Waals surface area contributed by atoms with Gasteiger partial charge in [0, 0.05) is 19.6 Å². The predicted octanol–water partition coefficient (Wildman–Crippen LogP) is 0.873. The number of aromatic nitrogens is 2. The van der Waals surface area contributed by atoms with E-state index in [4.69, 9.17) is 5.73 Å². The first-order valence-electron chi connectivity index (χ1n) is 5.59. The Kier molecular flexibility index (Phi) is 2.61. The summed E-state index contributed by atoms with van der Waals surface area (Å²) < 4.78 is 1.55. The fourth-order valence-corrected chi connectivity index (χ4v) is 2.44. The summed E-state index contributed by atoms with van der Waals surface area (Å²) in [4.78, 5) is 14.2. The van der Waals surface area contributed by atoms with Crippen molar-refractivity contribution in [2.75, 3.05) is 12.3 Å². The van der Waals surface area contributed by atoms with Crippen molar-refractivity contribution in [2.45, 2.75) is 26.3 Å². The van der Waals surface area contributed by atoms with Gasteiger partial charge in [0.1, 0.15) is 5.69 Å². The number of nitrogen functional groups attached to an aromatic ring is 1. The molecule has 0 radical (unpaired) electrons. The molecule has 5 nitrogen and oxygen atoms in total. The topological polar surface area (TPSA) is 64.2 Å². The van der Waals surface area contributed by atoms with E-state index in [0.29, 0.717) is 17.3 Å². The number of hydrogen-bond acceptors (Lipinski definition) is 3. The Hall–Kier alpha value is -1.52. The number of carbonyl (C=O) groups excluding carboxylic acids is 1. The van der Waals surface area contributed by atoms with Crippen molar-refractivity contribution < 1.29 is 4.79 Å². The van der Waals surface area contributed by atoms with Crippen molar-refractivity contribution in [3.63, 3.8) is 0 Å². The quantitative estimate of drug-likeness (QED) is 0.767. The predicted molar refractivity (Wildman–Crippen MR) is 61.9 cm³/mol. The molecule has 2 heterocycles. The Bertz CT molecular complexity index is 393. The Morgan fingerprint density at radius 3 is 2.69 bits per heavy atom. The second-order valence-corrected chi connectivity index (χ2v) is 4.72. The highest BCUT2D eigenvalue weighted by Gasteiger charge is 2.32. The minimum Gasteiger partial charge on any atom is -0.396 e. The lowest BCUT2D eigenvalue weighted by Crippen LogP contribution is -2.35. The molecular weight excluding hydrogens is 204 g/mol. The molecule has 1 aromatic rings. The van der Waals surface area contributed by atoms with Gasteiger partial charge in [0.05, 0.1) is 11.9 Å². The Morgan fingerprint density at radius 2 is 2.25 bits per heavy atom. The van der Waals surface area contributed by atoms with Crippen LogP contribution in [-0.4, -0.2) is 33.2 Å². The summed E-state index contributed by atoms with van der Waals surface area (Å²) in [6.07, 6.45) is 2.58. The molecule has 0 bridgehead atoms. The molecule has 0 saturated carbocycles. The average Bonchev–Trinajstić information content (AvgIpc) is 2.70. The van der Waals surface area contributed by atoms with Gasteiger partial charge in [-0.2, -0.15) is 5.10 Å². The standard InChI is InChI=1S/C11H18N4O/c1-7-4-8(2)15(6-7)11(16)10-9(12)5-13-14(10)3/h5,7-8H,4,6,12H2,1-3H3. The number of anilines is 1. The Balaban J connectivity index is 2.26. The highest BCUT2D eigenvalue weighted by molar-refractivity contribution is 5.97. The van der Waals surface area contributed by atoms with Crippen LogP contribution in [0.5, 0.6) is 0 Å². The molecule has 1 aliphatic rings. The molecule has 5 heteroatoms. The Morgan fingerprint density at radius 1 is 1.56 bits per heavy atom. The number of nitrogens with two attached hydrogens (primary N) is 1. The van der Waals surface area contributed by atoms with Crippen LogP contribution in [0, 0.1) is 5.92 Å². The lowest BCUT2D eigenvalue weighted by molar-refractivity contribution is 0.0734. The molecule has 1 fully saturated rings. The summed E-state index contributed by atoms with van der Waals surface area (Å²) >= 11 is 0. The number of rotatable bonds is 1. The number of hydrogen-bond donors (Lipinski definition) is 1. The molecule has 1 amide bonds. The zero-order valence-electron chi connectivity index (χ0n) is 9.97. The van der Waals surface area contributed by atoms with Crippen molar-refractivity contribution in [3.8, 4) is 0 Å². The molecule has 2 atom stereocenters. The molecule has 16 heavy (non-hydrogen) atoms. The van der Waals surface area contributed by atoms with Gasteiger partial charge in [0.15, 0.2) is 0 Å². The lowest BCUT2D eigenvalue weighted by Gasteiger charge is -2.21. The summed E-state index contributed by atoms with van der Waals surface area (Å²) in [5.41, 5.74) is 6.72. The van der Waals surface area contributed by atoms with Crippen LogP contribution in [0.4, 0.5) is 5.69 Å². The number of likely N-dealkylation sites (tertiary alicyclic amines) is 1. The van der Waals surface area contributed by atoms with Crippen molar-refractivity contribution in [3.05, 3.63) is 11.9 Å². The molecule has 2 rings (SSSR count). The third-order valence-electron chi connectivity index (χ3n) is 3.21. The molecular formula is C11H18N4O. The number of amides is 1. The van der Waals surface area contributed by atoms with Crippen molar-refractivity contribution >= 4 is 11.6 Å². The molecule has 1 aliphatic heterocycles. The van der Waals surface area contributed by atoms with Crippen LogP contribution in [0.1, 0.15) is 30.8 Å². The third-order valence-corrected chi connectivity index (χ3v) is 3.21. The van der Waals surface area contributed by atoms with Crippen molar-refractivity contribution in [2.24, 2.45) is 13.0 Å². The largest absolute Gasteiger partial charge is 0.396 e. The smallest absolute Gasteiger partial charge is 0.274 e. The normalized spacial score (nSPS) is 25.1. The van der Waals surface area contributed by atoms with E-state index in [1.165, 1.54) is 6.20 Å². The highest BCUT2D eigenvalue weighted by Crippen LogP contribution is 2.25. The Labute approximate surface area is 95.2 Å². The summed E-state index contributed by atoms with van der Waals surface area (Å²) in [6, 6.07) is 0.289. The summed E-state index contributed by atoms with van der Waals surface area (Å²) in [6.45, 7) is 5.05. The fourth-order valence-electron chi connectivity index (χ4n) is 2.44. The minimum atomic E-state index is -0.00523. The second kappa shape index (κ2) is 3.81. The van der Waals surface area contributed by atoms with E-state index in [9.17, 15) is 4.79 Å². The van der Waals surface area contributed by atoms with Gasteiger partial charge in [-0.25, -0.2) is 0 Å². The van der Waals surface area contributed by atoms with E-state index in [1.807, 2.05) is 4.90 Å². The molecule has 2 N–H and O–H groups in total. The minimum absolute atomic E-state index is 0.00523. The van der Waals surface area contributed by atoms with Crippen LogP contribution in [0.25, 0.3) is 0 Å². The third kappa shape index (κ3) is 1.66. The maximum absolute atomic E-state index is 12.3. The van der Waals surface area contributed by atoms with Gasteiger partial charge in [0.2, 0.25) is 0 Å². The number of nitrogens with zero attached hydrogens (tertiary/aromatic N) is 3. The molecule has 2 unspecified atom stereocenters. The first-order valence-corrected chi connectivity index (χ1v) is 5.59. The maximum Gasteiger partial charge on any atom is 0.274 e. The first kappa shape index (κ1) is 11.0. The summed E-state index contributed by atoms with van der Waals surface area (Å²) in [5, 5.41) is 4.00. The molecule has 1 aromatic heterocycles. The monoisotopic (exact) mass is 222 g/mol. The molecule has 0 aromatic carbocycles. The van der Waals surface area contributed by atoms with E-state index < -0.39 is 0 Å². The molecule has 0 aliphatic carbocycles. The van der Waals surface area contributed by atoms with Crippen LogP contribution in [0.3, 0.4) is 0 Å². The van der Waals surface area contributed by atoms with Crippen molar-refractivity contribution in [1.29, 1.82) is 0 Å². The highest BCUT2D eigenvalue weighted by atomic mass is 16.2. The summed E-state index contributed by atoms with van der Waals surface area (Å²) in [5.74, 6) is 0.558. The van der Waals surface area contributed by atoms with Gasteiger partial charge in [0.25, 0.3) is 5.91 Å². The van der Waals surface area contributed by atoms with Crippen LogP contribution < -0.4 is 5.73 Å². The molecule has 0 spiro atoms. The van der Waals surface area contributed by atoms with Crippen molar-refractivity contribution in [1.82, 2.24) is 14.7 Å². The van der Waals surface area contributed by atoms with Gasteiger partial charge in [-0.05, 0) is 19.3 Å². The van der Waals surface area contributed by atoms with Gasteiger partial charge in [-0.3, -0.25) is 9.48 Å². The van der Waals surface area contributed by atoms with Crippen LogP contribution in [0.2, 0.25) is 0 Å². The number of carbonyl (C=O) groups is 1. The molecule has 1 saturated heterocycles. The van der Waals surface area contributed by atoms with E-state index in [2.05, 4.69) is 18.9 Å². The summed E-state index contributed by atoms with van der Waals surface area (Å²) in [7, 11) is 1.74. The zero-order valence-corrected chi connectivity index (χ0v) is 9.97. The number of aryl methyl sites for hydroxylation is 1. The van der Waals surface area contributed by atoms with Gasteiger partial charge in [-0.15, -0.1) is 0 Å². The average molecular weight is 222 g/mol. The van der Waals surface area contributed by atoms with Gasteiger partial charge >= 0.3 is 0 Å². The van der Waals surface area contributed by atoms with E-state index in [1.54, 1.807) is 11.7 Å². The maximum atomic E-state index is 12.3. The molecule has 88 valence electrons. The SMILES string of the molecule is CC1CC(C)N(C(=O)c2c(N)cnn2C)C1. The van der Waals surface area contributed by atoms with E-state index in [-0.39, 0.29) is 11.9 Å². The van der Waals surface area contributed by atoms with E-state index in [0.717, 1.165) is 13.0 Å². The van der Waals surface area contributed by atoms with Gasteiger partial charge in [-0.1, -0.05) is 6.92 Å². The van der Waals surface area contributed by atoms with Crippen LogP contribution in [-0.2, 0) is 7.05 Å².